The zero-order valence-corrected chi connectivity index (χ0v) is 9.60. The summed E-state index contributed by atoms with van der Waals surface area (Å²) in [4.78, 5) is 2.33. The van der Waals surface area contributed by atoms with Crippen LogP contribution in [0.1, 0.15) is 32.1 Å². The summed E-state index contributed by atoms with van der Waals surface area (Å²) in [7, 11) is 2.13. The summed E-state index contributed by atoms with van der Waals surface area (Å²) in [5.41, 5.74) is 0. The van der Waals surface area contributed by atoms with Gasteiger partial charge in [0.15, 0.2) is 0 Å². The molecule has 2 unspecified atom stereocenters. The van der Waals surface area contributed by atoms with Crippen LogP contribution in [0, 0.1) is 11.8 Å². The number of hydrogen-bond acceptors (Lipinski definition) is 3. The third kappa shape index (κ3) is 2.92. The Bertz CT molecular complexity index is 204. The standard InChI is InChI=1S/C12H23NO2/c1-13(7-9-5-11(14)6-9)8-10-3-2-4-12(10)15/h9-12,14-15H,2-8H2,1H3. The Morgan fingerprint density at radius 3 is 2.40 bits per heavy atom. The molecule has 0 saturated heterocycles. The molecular weight excluding hydrogens is 190 g/mol. The van der Waals surface area contributed by atoms with Crippen molar-refractivity contribution in [2.45, 2.75) is 44.3 Å². The Balaban J connectivity index is 1.65. The van der Waals surface area contributed by atoms with Crippen molar-refractivity contribution in [1.29, 1.82) is 0 Å². The molecule has 0 spiro atoms. The summed E-state index contributed by atoms with van der Waals surface area (Å²) in [5, 5.41) is 18.9. The second kappa shape index (κ2) is 4.81. The van der Waals surface area contributed by atoms with E-state index < -0.39 is 0 Å². The van der Waals surface area contributed by atoms with Gasteiger partial charge < -0.3 is 15.1 Å². The molecule has 0 aromatic heterocycles. The first-order valence-corrected chi connectivity index (χ1v) is 6.20. The highest BCUT2D eigenvalue weighted by molar-refractivity contribution is 4.83. The van der Waals surface area contributed by atoms with Crippen LogP contribution in [-0.2, 0) is 0 Å². The molecule has 88 valence electrons. The van der Waals surface area contributed by atoms with Crippen molar-refractivity contribution in [1.82, 2.24) is 4.90 Å². The monoisotopic (exact) mass is 213 g/mol. The molecular formula is C12H23NO2. The second-order valence-electron chi connectivity index (χ2n) is 5.47. The zero-order chi connectivity index (χ0) is 10.8. The molecule has 0 heterocycles. The van der Waals surface area contributed by atoms with Gasteiger partial charge in [0.05, 0.1) is 12.2 Å². The van der Waals surface area contributed by atoms with Crippen molar-refractivity contribution in [3.05, 3.63) is 0 Å². The molecule has 2 aliphatic carbocycles. The lowest BCUT2D eigenvalue weighted by Gasteiger charge is -2.35. The van der Waals surface area contributed by atoms with E-state index in [1.165, 1.54) is 12.8 Å². The van der Waals surface area contributed by atoms with Crippen LogP contribution in [-0.4, -0.2) is 47.5 Å². The molecule has 0 aromatic carbocycles. The lowest BCUT2D eigenvalue weighted by atomic mass is 9.82. The van der Waals surface area contributed by atoms with Crippen LogP contribution in [0.3, 0.4) is 0 Å². The van der Waals surface area contributed by atoms with Crippen molar-refractivity contribution in [2.75, 3.05) is 20.1 Å². The minimum atomic E-state index is -0.0700. The highest BCUT2D eigenvalue weighted by Gasteiger charge is 2.30. The lowest BCUT2D eigenvalue weighted by Crippen LogP contribution is -2.39. The molecule has 15 heavy (non-hydrogen) atoms. The number of nitrogens with zero attached hydrogens (tertiary/aromatic N) is 1. The van der Waals surface area contributed by atoms with Crippen LogP contribution in [0.4, 0.5) is 0 Å². The number of hydrogen-bond donors (Lipinski definition) is 2. The topological polar surface area (TPSA) is 43.7 Å². The quantitative estimate of drug-likeness (QED) is 0.727. The minimum absolute atomic E-state index is 0.0412. The summed E-state index contributed by atoms with van der Waals surface area (Å²) in [6.45, 7) is 2.11. The van der Waals surface area contributed by atoms with Gasteiger partial charge in [0.1, 0.15) is 0 Å². The number of aliphatic hydroxyl groups is 2. The van der Waals surface area contributed by atoms with E-state index in [4.69, 9.17) is 0 Å². The van der Waals surface area contributed by atoms with Crippen LogP contribution in [0.25, 0.3) is 0 Å². The van der Waals surface area contributed by atoms with Crippen molar-refractivity contribution in [3.8, 4) is 0 Å². The molecule has 0 bridgehead atoms. The number of rotatable bonds is 4. The van der Waals surface area contributed by atoms with E-state index in [9.17, 15) is 10.2 Å². The summed E-state index contributed by atoms with van der Waals surface area (Å²) >= 11 is 0. The van der Waals surface area contributed by atoms with Crippen LogP contribution in [0.15, 0.2) is 0 Å². The van der Waals surface area contributed by atoms with E-state index >= 15 is 0 Å². The van der Waals surface area contributed by atoms with Crippen LogP contribution in [0.2, 0.25) is 0 Å². The van der Waals surface area contributed by atoms with Crippen molar-refractivity contribution >= 4 is 0 Å². The highest BCUT2D eigenvalue weighted by atomic mass is 16.3. The van der Waals surface area contributed by atoms with Crippen molar-refractivity contribution < 1.29 is 10.2 Å². The van der Waals surface area contributed by atoms with E-state index in [1.54, 1.807) is 0 Å². The van der Waals surface area contributed by atoms with Gasteiger partial charge in [-0.1, -0.05) is 6.42 Å². The molecule has 2 rings (SSSR count). The summed E-state index contributed by atoms with van der Waals surface area (Å²) in [5.74, 6) is 1.17. The Morgan fingerprint density at radius 2 is 1.87 bits per heavy atom. The molecule has 3 nitrogen and oxygen atoms in total. The van der Waals surface area contributed by atoms with Crippen LogP contribution >= 0.6 is 0 Å². The maximum atomic E-state index is 9.72. The minimum Gasteiger partial charge on any atom is -0.393 e. The first-order valence-electron chi connectivity index (χ1n) is 6.20. The Labute approximate surface area is 92.1 Å². The van der Waals surface area contributed by atoms with Gasteiger partial charge >= 0.3 is 0 Å². The summed E-state index contributed by atoms with van der Waals surface area (Å²) in [6, 6.07) is 0. The molecule has 0 aromatic rings. The molecule has 2 fully saturated rings. The Hall–Kier alpha value is -0.120. The summed E-state index contributed by atoms with van der Waals surface area (Å²) < 4.78 is 0. The molecule has 0 radical (unpaired) electrons. The Morgan fingerprint density at radius 1 is 1.13 bits per heavy atom. The van der Waals surface area contributed by atoms with Gasteiger partial charge in [-0.05, 0) is 44.6 Å². The summed E-state index contributed by atoms with van der Waals surface area (Å²) in [6.07, 6.45) is 5.18. The van der Waals surface area contributed by atoms with Gasteiger partial charge in [0, 0.05) is 13.1 Å². The van der Waals surface area contributed by atoms with Gasteiger partial charge in [0.25, 0.3) is 0 Å². The van der Waals surface area contributed by atoms with Gasteiger partial charge in [-0.3, -0.25) is 0 Å². The van der Waals surface area contributed by atoms with Crippen molar-refractivity contribution in [2.24, 2.45) is 11.8 Å². The Kier molecular flexibility index (Phi) is 3.65. The van der Waals surface area contributed by atoms with Gasteiger partial charge in [-0.2, -0.15) is 0 Å². The molecule has 2 aliphatic rings. The maximum Gasteiger partial charge on any atom is 0.0580 e. The predicted octanol–water partition coefficient (Wildman–Crippen LogP) is 0.850. The van der Waals surface area contributed by atoms with Crippen LogP contribution in [0.5, 0.6) is 0 Å². The lowest BCUT2D eigenvalue weighted by molar-refractivity contribution is 0.0223. The average Bonchev–Trinajstić information content (AvgIpc) is 2.49. The second-order valence-corrected chi connectivity index (χ2v) is 5.47. The van der Waals surface area contributed by atoms with E-state index in [0.29, 0.717) is 11.8 Å². The molecule has 2 saturated carbocycles. The molecule has 3 heteroatoms. The van der Waals surface area contributed by atoms with E-state index in [2.05, 4.69) is 11.9 Å². The fourth-order valence-corrected chi connectivity index (χ4v) is 3.00. The first-order chi connectivity index (χ1) is 7.15. The van der Waals surface area contributed by atoms with Gasteiger partial charge in [-0.25, -0.2) is 0 Å². The largest absolute Gasteiger partial charge is 0.393 e. The average molecular weight is 213 g/mol. The molecule has 2 N–H and O–H groups in total. The third-order valence-corrected chi connectivity index (χ3v) is 3.95. The number of aliphatic hydroxyl groups excluding tert-OH is 2. The van der Waals surface area contributed by atoms with E-state index in [0.717, 1.165) is 32.4 Å². The fourth-order valence-electron chi connectivity index (χ4n) is 3.00. The normalized spacial score (nSPS) is 40.8. The van der Waals surface area contributed by atoms with E-state index in [-0.39, 0.29) is 12.2 Å². The SMILES string of the molecule is CN(CC1CC(O)C1)CC1CCCC1O. The zero-order valence-electron chi connectivity index (χ0n) is 9.60. The first kappa shape index (κ1) is 11.4. The molecule has 0 amide bonds. The van der Waals surface area contributed by atoms with Crippen LogP contribution < -0.4 is 0 Å². The predicted molar refractivity (Wildman–Crippen MR) is 59.6 cm³/mol. The third-order valence-electron chi connectivity index (χ3n) is 3.95. The molecule has 2 atom stereocenters. The van der Waals surface area contributed by atoms with Gasteiger partial charge in [0.2, 0.25) is 0 Å². The maximum absolute atomic E-state index is 9.72. The van der Waals surface area contributed by atoms with E-state index in [1.807, 2.05) is 0 Å². The smallest absolute Gasteiger partial charge is 0.0580 e. The van der Waals surface area contributed by atoms with Crippen molar-refractivity contribution in [3.63, 3.8) is 0 Å². The fraction of sp³-hybridized carbons (Fsp3) is 1.00. The van der Waals surface area contributed by atoms with Gasteiger partial charge in [-0.15, -0.1) is 0 Å². The highest BCUT2D eigenvalue weighted by Crippen LogP contribution is 2.29. The molecule has 0 aliphatic heterocycles.